The van der Waals surface area contributed by atoms with E-state index in [1.165, 1.54) is 27.4 Å². The Morgan fingerprint density at radius 3 is 2.23 bits per heavy atom. The molecule has 7 heteroatoms. The lowest BCUT2D eigenvalue weighted by Crippen LogP contribution is -2.19. The molecule has 0 aliphatic rings. The summed E-state index contributed by atoms with van der Waals surface area (Å²) >= 11 is 0. The zero-order valence-electron chi connectivity index (χ0n) is 15.1. The van der Waals surface area contributed by atoms with Crippen LogP contribution < -0.4 is 19.5 Å². The summed E-state index contributed by atoms with van der Waals surface area (Å²) in [7, 11) is 4.57. The van der Waals surface area contributed by atoms with Crippen molar-refractivity contribution in [1.29, 1.82) is 0 Å². The van der Waals surface area contributed by atoms with E-state index in [0.717, 1.165) is 17.7 Å². The summed E-state index contributed by atoms with van der Waals surface area (Å²) in [5.74, 6) is 1.54. The van der Waals surface area contributed by atoms with Crippen LogP contribution in [0.15, 0.2) is 36.4 Å². The Hall–Kier alpha value is -2.41. The van der Waals surface area contributed by atoms with Crippen molar-refractivity contribution >= 4 is 0 Å². The number of hydrogen-bond donors (Lipinski definition) is 1. The Bertz CT molecular complexity index is 747. The molecule has 0 radical (unpaired) electrons. The summed E-state index contributed by atoms with van der Waals surface area (Å²) in [6, 6.07) is 8.60. The maximum absolute atomic E-state index is 12.9. The van der Waals surface area contributed by atoms with Crippen molar-refractivity contribution in [1.82, 2.24) is 5.32 Å². The third kappa shape index (κ3) is 4.40. The number of ether oxygens (including phenoxy) is 3. The largest absolute Gasteiger partial charge is 0.493 e. The fourth-order valence-electron chi connectivity index (χ4n) is 2.67. The summed E-state index contributed by atoms with van der Waals surface area (Å²) in [4.78, 5) is 0. The lowest BCUT2D eigenvalue weighted by Gasteiger charge is -2.19. The highest BCUT2D eigenvalue weighted by molar-refractivity contribution is 5.55. The van der Waals surface area contributed by atoms with Gasteiger partial charge in [-0.2, -0.15) is 13.2 Å². The molecular weight excluding hydrogens is 347 g/mol. The zero-order chi connectivity index (χ0) is 19.3. The van der Waals surface area contributed by atoms with Gasteiger partial charge >= 0.3 is 6.18 Å². The van der Waals surface area contributed by atoms with E-state index in [1.807, 2.05) is 13.0 Å². The van der Waals surface area contributed by atoms with Crippen molar-refractivity contribution in [2.24, 2.45) is 0 Å². The summed E-state index contributed by atoms with van der Waals surface area (Å²) in [5, 5.41) is 3.21. The second kappa shape index (κ2) is 8.31. The number of alkyl halides is 3. The van der Waals surface area contributed by atoms with Gasteiger partial charge in [-0.05, 0) is 30.7 Å². The predicted octanol–water partition coefficient (Wildman–Crippen LogP) is 4.58. The van der Waals surface area contributed by atoms with Gasteiger partial charge in [0.25, 0.3) is 0 Å². The smallest absolute Gasteiger partial charge is 0.416 e. The third-order valence-corrected chi connectivity index (χ3v) is 4.10. The SMILES string of the molecule is COc1ccc(CNC(C)c2cccc(C(F)(F)F)c2)c(OC)c1OC. The molecule has 0 aliphatic carbocycles. The van der Waals surface area contributed by atoms with Crippen LogP contribution in [0.25, 0.3) is 0 Å². The molecule has 2 aromatic rings. The standard InChI is InChI=1S/C19H22F3NO3/c1-12(13-6-5-7-15(10-13)19(20,21)22)23-11-14-8-9-16(24-2)18(26-4)17(14)25-3/h5-10,12,23H,11H2,1-4H3. The maximum Gasteiger partial charge on any atom is 0.416 e. The minimum atomic E-state index is -4.36. The predicted molar refractivity (Wildman–Crippen MR) is 92.8 cm³/mol. The van der Waals surface area contributed by atoms with Gasteiger partial charge in [0, 0.05) is 18.2 Å². The molecule has 1 atom stereocenters. The van der Waals surface area contributed by atoms with Gasteiger partial charge in [0.1, 0.15) is 0 Å². The van der Waals surface area contributed by atoms with Crippen molar-refractivity contribution < 1.29 is 27.4 Å². The Labute approximate surface area is 150 Å². The molecular formula is C19H22F3NO3. The number of nitrogens with one attached hydrogen (secondary N) is 1. The van der Waals surface area contributed by atoms with E-state index in [0.29, 0.717) is 29.4 Å². The molecule has 142 valence electrons. The second-order valence-electron chi connectivity index (χ2n) is 5.72. The molecule has 0 fully saturated rings. The Morgan fingerprint density at radius 1 is 0.962 bits per heavy atom. The van der Waals surface area contributed by atoms with E-state index >= 15 is 0 Å². The summed E-state index contributed by atoms with van der Waals surface area (Å²) in [5.41, 5.74) is 0.704. The van der Waals surface area contributed by atoms with Gasteiger partial charge in [0.05, 0.1) is 26.9 Å². The molecule has 1 unspecified atom stereocenters. The van der Waals surface area contributed by atoms with Gasteiger partial charge in [0.15, 0.2) is 11.5 Å². The van der Waals surface area contributed by atoms with Crippen LogP contribution in [0.3, 0.4) is 0 Å². The lowest BCUT2D eigenvalue weighted by molar-refractivity contribution is -0.137. The molecule has 26 heavy (non-hydrogen) atoms. The highest BCUT2D eigenvalue weighted by Crippen LogP contribution is 2.40. The van der Waals surface area contributed by atoms with E-state index in [4.69, 9.17) is 14.2 Å². The third-order valence-electron chi connectivity index (χ3n) is 4.10. The minimum Gasteiger partial charge on any atom is -0.493 e. The molecule has 2 aromatic carbocycles. The number of hydrogen-bond acceptors (Lipinski definition) is 4. The molecule has 0 aromatic heterocycles. The van der Waals surface area contributed by atoms with Crippen LogP contribution in [0.4, 0.5) is 13.2 Å². The van der Waals surface area contributed by atoms with Crippen molar-refractivity contribution in [3.05, 3.63) is 53.1 Å². The van der Waals surface area contributed by atoms with E-state index in [-0.39, 0.29) is 6.04 Å². The molecule has 0 aliphatic heterocycles. The Balaban J connectivity index is 2.18. The van der Waals surface area contributed by atoms with Gasteiger partial charge in [-0.25, -0.2) is 0 Å². The van der Waals surface area contributed by atoms with Crippen molar-refractivity contribution in [3.63, 3.8) is 0 Å². The van der Waals surface area contributed by atoms with Crippen LogP contribution in [0.1, 0.15) is 29.7 Å². The lowest BCUT2D eigenvalue weighted by atomic mass is 10.0. The number of halogens is 3. The first-order valence-electron chi connectivity index (χ1n) is 8.00. The van der Waals surface area contributed by atoms with Gasteiger partial charge in [0.2, 0.25) is 5.75 Å². The van der Waals surface area contributed by atoms with Crippen molar-refractivity contribution in [2.75, 3.05) is 21.3 Å². The van der Waals surface area contributed by atoms with E-state index in [1.54, 1.807) is 12.1 Å². The quantitative estimate of drug-likeness (QED) is 0.775. The molecule has 0 saturated carbocycles. The fraction of sp³-hybridized carbons (Fsp3) is 0.368. The van der Waals surface area contributed by atoms with Crippen LogP contribution >= 0.6 is 0 Å². The maximum atomic E-state index is 12.9. The highest BCUT2D eigenvalue weighted by Gasteiger charge is 2.30. The first-order valence-corrected chi connectivity index (χ1v) is 8.00. The van der Waals surface area contributed by atoms with Gasteiger partial charge in [-0.1, -0.05) is 18.2 Å². The van der Waals surface area contributed by atoms with Crippen molar-refractivity contribution in [3.8, 4) is 17.2 Å². The zero-order valence-corrected chi connectivity index (χ0v) is 15.1. The van der Waals surface area contributed by atoms with E-state index < -0.39 is 11.7 Å². The molecule has 0 heterocycles. The minimum absolute atomic E-state index is 0.282. The Morgan fingerprint density at radius 2 is 1.65 bits per heavy atom. The number of rotatable bonds is 7. The number of benzene rings is 2. The molecule has 0 spiro atoms. The van der Waals surface area contributed by atoms with Gasteiger partial charge < -0.3 is 19.5 Å². The molecule has 4 nitrogen and oxygen atoms in total. The molecule has 0 saturated heterocycles. The molecule has 2 rings (SSSR count). The summed E-state index contributed by atoms with van der Waals surface area (Å²) in [6.45, 7) is 2.20. The molecule has 0 amide bonds. The van der Waals surface area contributed by atoms with Crippen LogP contribution in [-0.2, 0) is 12.7 Å². The van der Waals surface area contributed by atoms with Crippen LogP contribution in [0.2, 0.25) is 0 Å². The summed E-state index contributed by atoms with van der Waals surface area (Å²) < 4.78 is 54.6. The second-order valence-corrected chi connectivity index (χ2v) is 5.72. The average Bonchev–Trinajstić information content (AvgIpc) is 2.64. The van der Waals surface area contributed by atoms with Crippen molar-refractivity contribution in [2.45, 2.75) is 25.7 Å². The fourth-order valence-corrected chi connectivity index (χ4v) is 2.67. The van der Waals surface area contributed by atoms with Crippen LogP contribution in [0.5, 0.6) is 17.2 Å². The summed E-state index contributed by atoms with van der Waals surface area (Å²) in [6.07, 6.45) is -4.36. The topological polar surface area (TPSA) is 39.7 Å². The number of methoxy groups -OCH3 is 3. The normalized spacial score (nSPS) is 12.6. The van der Waals surface area contributed by atoms with Gasteiger partial charge in [-0.3, -0.25) is 0 Å². The van der Waals surface area contributed by atoms with E-state index in [2.05, 4.69) is 5.32 Å². The van der Waals surface area contributed by atoms with Crippen LogP contribution in [0, 0.1) is 0 Å². The van der Waals surface area contributed by atoms with Gasteiger partial charge in [-0.15, -0.1) is 0 Å². The Kier molecular flexibility index (Phi) is 6.37. The monoisotopic (exact) mass is 369 g/mol. The highest BCUT2D eigenvalue weighted by atomic mass is 19.4. The average molecular weight is 369 g/mol. The first kappa shape index (κ1) is 19.9. The molecule has 1 N–H and O–H groups in total. The van der Waals surface area contributed by atoms with E-state index in [9.17, 15) is 13.2 Å². The molecule has 0 bridgehead atoms. The van der Waals surface area contributed by atoms with Crippen LogP contribution in [-0.4, -0.2) is 21.3 Å². The first-order chi connectivity index (χ1) is 12.3.